The van der Waals surface area contributed by atoms with E-state index in [0.29, 0.717) is 35.9 Å². The van der Waals surface area contributed by atoms with Gasteiger partial charge in [-0.15, -0.1) is 0 Å². The standard InChI is InChI=1S/C25H28ClN5O2/c1-30(2)15-25(9-10-25)17-3-5-18(6-4-17)31-14-16(11-23(31)32)13-27-24(33)21-12-20-19(28-21)7-8-22(26)29-20/h3-8,12,16,28H,9-11,13-15H2,1-2H3,(H,27,33). The molecule has 1 saturated heterocycles. The molecule has 172 valence electrons. The summed E-state index contributed by atoms with van der Waals surface area (Å²) in [4.78, 5) is 36.6. The molecule has 2 aromatic heterocycles. The maximum absolute atomic E-state index is 12.7. The molecule has 0 radical (unpaired) electrons. The Kier molecular flexibility index (Phi) is 5.62. The van der Waals surface area contributed by atoms with Crippen molar-refractivity contribution < 1.29 is 9.59 Å². The quantitative estimate of drug-likeness (QED) is 0.522. The fourth-order valence-corrected chi connectivity index (χ4v) is 5.05. The lowest BCUT2D eigenvalue weighted by molar-refractivity contribution is -0.117. The number of anilines is 1. The highest BCUT2D eigenvalue weighted by Crippen LogP contribution is 2.48. The van der Waals surface area contributed by atoms with E-state index < -0.39 is 0 Å². The maximum atomic E-state index is 12.7. The number of nitrogens with zero attached hydrogens (tertiary/aromatic N) is 3. The summed E-state index contributed by atoms with van der Waals surface area (Å²) in [6.45, 7) is 2.09. The van der Waals surface area contributed by atoms with Gasteiger partial charge in [0, 0.05) is 43.1 Å². The Balaban J connectivity index is 1.19. The van der Waals surface area contributed by atoms with Crippen LogP contribution in [0.3, 0.4) is 0 Å². The summed E-state index contributed by atoms with van der Waals surface area (Å²) in [5.74, 6) is -0.0440. The smallest absolute Gasteiger partial charge is 0.267 e. The van der Waals surface area contributed by atoms with Crippen molar-refractivity contribution in [3.63, 3.8) is 0 Å². The Bertz CT molecular complexity index is 1200. The number of pyridine rings is 1. The second kappa shape index (κ2) is 8.47. The molecule has 33 heavy (non-hydrogen) atoms. The van der Waals surface area contributed by atoms with E-state index in [1.54, 1.807) is 18.2 Å². The molecule has 8 heteroatoms. The summed E-state index contributed by atoms with van der Waals surface area (Å²) in [5, 5.41) is 3.34. The molecule has 0 spiro atoms. The minimum absolute atomic E-state index is 0.0709. The first kappa shape index (κ1) is 21.9. The van der Waals surface area contributed by atoms with Gasteiger partial charge in [0.2, 0.25) is 5.91 Å². The lowest BCUT2D eigenvalue weighted by Gasteiger charge is -2.22. The van der Waals surface area contributed by atoms with E-state index >= 15 is 0 Å². The van der Waals surface area contributed by atoms with Gasteiger partial charge in [0.1, 0.15) is 10.8 Å². The number of benzene rings is 1. The SMILES string of the molecule is CN(C)CC1(c2ccc(N3CC(CNC(=O)c4cc5nc(Cl)ccc5[nH]4)CC3=O)cc2)CC1. The maximum Gasteiger partial charge on any atom is 0.267 e. The Morgan fingerprint density at radius 3 is 2.70 bits per heavy atom. The highest BCUT2D eigenvalue weighted by atomic mass is 35.5. The summed E-state index contributed by atoms with van der Waals surface area (Å²) in [5.41, 5.74) is 4.39. The van der Waals surface area contributed by atoms with Gasteiger partial charge in [-0.2, -0.15) is 0 Å². The van der Waals surface area contributed by atoms with Crippen molar-refractivity contribution >= 4 is 40.1 Å². The van der Waals surface area contributed by atoms with Gasteiger partial charge >= 0.3 is 0 Å². The van der Waals surface area contributed by atoms with Crippen molar-refractivity contribution in [2.75, 3.05) is 38.6 Å². The van der Waals surface area contributed by atoms with Crippen LogP contribution in [0.4, 0.5) is 5.69 Å². The summed E-state index contributed by atoms with van der Waals surface area (Å²) in [7, 11) is 4.22. The normalized spacial score (nSPS) is 19.5. The van der Waals surface area contributed by atoms with Crippen molar-refractivity contribution in [1.29, 1.82) is 0 Å². The zero-order valence-electron chi connectivity index (χ0n) is 18.9. The first-order valence-electron chi connectivity index (χ1n) is 11.3. The molecule has 2 aliphatic rings. The molecular weight excluding hydrogens is 438 g/mol. The summed E-state index contributed by atoms with van der Waals surface area (Å²) >= 11 is 5.92. The van der Waals surface area contributed by atoms with Crippen molar-refractivity contribution in [2.45, 2.75) is 24.7 Å². The van der Waals surface area contributed by atoms with Crippen LogP contribution in [0.15, 0.2) is 42.5 Å². The molecule has 0 bridgehead atoms. The average molecular weight is 466 g/mol. The second-order valence-corrected chi connectivity index (χ2v) is 9.99. The number of hydrogen-bond acceptors (Lipinski definition) is 4. The summed E-state index contributed by atoms with van der Waals surface area (Å²) in [6, 6.07) is 13.6. The van der Waals surface area contributed by atoms with Crippen molar-refractivity contribution in [3.8, 4) is 0 Å². The zero-order valence-corrected chi connectivity index (χ0v) is 19.7. The van der Waals surface area contributed by atoms with Crippen LogP contribution in [-0.4, -0.2) is 60.4 Å². The molecule has 1 atom stereocenters. The lowest BCUT2D eigenvalue weighted by Crippen LogP contribution is -2.31. The van der Waals surface area contributed by atoms with Crippen LogP contribution in [-0.2, 0) is 10.2 Å². The number of aromatic nitrogens is 2. The first-order valence-corrected chi connectivity index (χ1v) is 11.7. The average Bonchev–Trinajstić information content (AvgIpc) is 3.27. The highest BCUT2D eigenvalue weighted by molar-refractivity contribution is 6.29. The van der Waals surface area contributed by atoms with E-state index in [1.165, 1.54) is 18.4 Å². The van der Waals surface area contributed by atoms with Crippen LogP contribution in [0.5, 0.6) is 0 Å². The Morgan fingerprint density at radius 1 is 1.24 bits per heavy atom. The molecule has 5 rings (SSSR count). The molecule has 3 heterocycles. The number of aromatic amines is 1. The van der Waals surface area contributed by atoms with E-state index in [0.717, 1.165) is 17.7 Å². The molecule has 1 aromatic carbocycles. The van der Waals surface area contributed by atoms with Crippen LogP contribution in [0.1, 0.15) is 35.3 Å². The van der Waals surface area contributed by atoms with E-state index in [-0.39, 0.29) is 23.1 Å². The van der Waals surface area contributed by atoms with Crippen LogP contribution in [0.25, 0.3) is 11.0 Å². The third kappa shape index (κ3) is 4.48. The first-order chi connectivity index (χ1) is 15.8. The molecule has 2 N–H and O–H groups in total. The Hall–Kier alpha value is -2.90. The molecule has 2 fully saturated rings. The number of hydrogen-bond donors (Lipinski definition) is 2. The number of likely N-dealkylation sites (N-methyl/N-ethyl adjacent to an activating group) is 1. The van der Waals surface area contributed by atoms with Crippen molar-refractivity contribution in [3.05, 3.63) is 58.9 Å². The molecule has 2 amide bonds. The van der Waals surface area contributed by atoms with Gasteiger partial charge in [-0.25, -0.2) is 4.98 Å². The van der Waals surface area contributed by atoms with Crippen LogP contribution in [0, 0.1) is 5.92 Å². The molecular formula is C25H28ClN5O2. The van der Waals surface area contributed by atoms with E-state index in [9.17, 15) is 9.59 Å². The summed E-state index contributed by atoms with van der Waals surface area (Å²) < 4.78 is 0. The monoisotopic (exact) mass is 465 g/mol. The number of H-pyrrole nitrogens is 1. The fraction of sp³-hybridized carbons (Fsp3) is 0.400. The van der Waals surface area contributed by atoms with E-state index in [4.69, 9.17) is 11.6 Å². The Labute approximate surface area is 198 Å². The topological polar surface area (TPSA) is 81.3 Å². The van der Waals surface area contributed by atoms with Crippen LogP contribution >= 0.6 is 11.6 Å². The number of carbonyl (C=O) groups is 2. The second-order valence-electron chi connectivity index (χ2n) is 9.60. The molecule has 7 nitrogen and oxygen atoms in total. The Morgan fingerprint density at radius 2 is 2.00 bits per heavy atom. The fourth-order valence-electron chi connectivity index (χ4n) is 4.90. The van der Waals surface area contributed by atoms with Crippen molar-refractivity contribution in [2.24, 2.45) is 5.92 Å². The number of fused-ring (bicyclic) bond motifs is 1. The highest BCUT2D eigenvalue weighted by Gasteiger charge is 2.44. The number of nitrogens with one attached hydrogen (secondary N) is 2. The minimum Gasteiger partial charge on any atom is -0.350 e. The predicted octanol–water partition coefficient (Wildman–Crippen LogP) is 3.59. The van der Waals surface area contributed by atoms with Gasteiger partial charge in [-0.05, 0) is 62.8 Å². The summed E-state index contributed by atoms with van der Waals surface area (Å²) in [6.07, 6.45) is 2.86. The third-order valence-electron chi connectivity index (χ3n) is 6.71. The van der Waals surface area contributed by atoms with E-state index in [1.807, 2.05) is 4.90 Å². The molecule has 1 unspecified atom stereocenters. The predicted molar refractivity (Wildman–Crippen MR) is 130 cm³/mol. The van der Waals surface area contributed by atoms with Crippen LogP contribution in [0.2, 0.25) is 5.15 Å². The van der Waals surface area contributed by atoms with Gasteiger partial charge in [0.15, 0.2) is 0 Å². The van der Waals surface area contributed by atoms with Gasteiger partial charge < -0.3 is 20.1 Å². The van der Waals surface area contributed by atoms with Gasteiger partial charge in [-0.3, -0.25) is 9.59 Å². The molecule has 1 aliphatic carbocycles. The third-order valence-corrected chi connectivity index (χ3v) is 6.92. The number of amides is 2. The molecule has 3 aromatic rings. The van der Waals surface area contributed by atoms with Gasteiger partial charge in [-0.1, -0.05) is 23.7 Å². The van der Waals surface area contributed by atoms with Crippen LogP contribution < -0.4 is 10.2 Å². The molecule has 1 saturated carbocycles. The minimum atomic E-state index is -0.213. The van der Waals surface area contributed by atoms with Gasteiger partial charge in [0.05, 0.1) is 11.0 Å². The van der Waals surface area contributed by atoms with E-state index in [2.05, 4.69) is 58.5 Å². The van der Waals surface area contributed by atoms with Gasteiger partial charge in [0.25, 0.3) is 5.91 Å². The lowest BCUT2D eigenvalue weighted by atomic mass is 9.95. The number of halogens is 1. The van der Waals surface area contributed by atoms with Crippen molar-refractivity contribution in [1.82, 2.24) is 20.2 Å². The zero-order chi connectivity index (χ0) is 23.2. The molecule has 1 aliphatic heterocycles. The number of carbonyl (C=O) groups excluding carboxylic acids is 2. The number of rotatable bonds is 7. The largest absolute Gasteiger partial charge is 0.350 e.